The van der Waals surface area contributed by atoms with Gasteiger partial charge in [0.15, 0.2) is 11.0 Å². The monoisotopic (exact) mass is 389 g/mol. The molecule has 1 atom stereocenters. The van der Waals surface area contributed by atoms with E-state index in [2.05, 4.69) is 4.90 Å². The zero-order valence-electron chi connectivity index (χ0n) is 16.4. The van der Waals surface area contributed by atoms with E-state index < -0.39 is 5.97 Å². The van der Waals surface area contributed by atoms with Gasteiger partial charge in [0.1, 0.15) is 17.4 Å². The summed E-state index contributed by atoms with van der Waals surface area (Å²) >= 11 is 0. The van der Waals surface area contributed by atoms with Gasteiger partial charge in [-0.3, -0.25) is 9.69 Å². The number of hydrogen-bond acceptors (Lipinski definition) is 5. The molecule has 1 aromatic heterocycles. The molecule has 3 aliphatic heterocycles. The first kappa shape index (κ1) is 18.1. The number of hydrogen-bond donors (Lipinski definition) is 0. The lowest BCUT2D eigenvalue weighted by atomic mass is 9.86. The molecule has 0 N–H and O–H groups in total. The molecule has 29 heavy (non-hydrogen) atoms. The second-order valence-electron chi connectivity index (χ2n) is 8.02. The van der Waals surface area contributed by atoms with Gasteiger partial charge < -0.3 is 9.15 Å². The van der Waals surface area contributed by atoms with Crippen LogP contribution in [0, 0.1) is 12.8 Å². The molecule has 6 rings (SSSR count). The molecule has 5 nitrogen and oxygen atoms in total. The second kappa shape index (κ2) is 7.16. The smallest absolute Gasteiger partial charge is 0.342 e. The van der Waals surface area contributed by atoms with Crippen LogP contribution in [0.1, 0.15) is 28.8 Å². The van der Waals surface area contributed by atoms with Gasteiger partial charge in [0.2, 0.25) is 0 Å². The molecule has 1 unspecified atom stereocenters. The van der Waals surface area contributed by atoms with Gasteiger partial charge in [-0.2, -0.15) is 0 Å². The predicted molar refractivity (Wildman–Crippen MR) is 111 cm³/mol. The standard InChI is InChI=1S/C24H23NO4/c1-15-21(26)18-8-5-9-19(23(18)29-22(15)17-6-3-2-4-7-17)24(27)28-20-14-25-12-10-16(20)11-13-25/h2-9,16,20H,10-14H2,1H3. The van der Waals surface area contributed by atoms with Crippen molar-refractivity contribution < 1.29 is 13.9 Å². The van der Waals surface area contributed by atoms with E-state index in [0.29, 0.717) is 33.8 Å². The molecule has 2 bridgehead atoms. The van der Waals surface area contributed by atoms with Crippen LogP contribution in [0.2, 0.25) is 0 Å². The molecular weight excluding hydrogens is 366 g/mol. The van der Waals surface area contributed by atoms with Gasteiger partial charge in [-0.05, 0) is 50.9 Å². The van der Waals surface area contributed by atoms with Crippen molar-refractivity contribution in [2.24, 2.45) is 5.92 Å². The highest BCUT2D eigenvalue weighted by Gasteiger charge is 2.37. The number of carbonyl (C=O) groups is 1. The van der Waals surface area contributed by atoms with E-state index in [9.17, 15) is 9.59 Å². The maximum Gasteiger partial charge on any atom is 0.342 e. The summed E-state index contributed by atoms with van der Waals surface area (Å²) in [7, 11) is 0. The molecule has 5 heteroatoms. The lowest BCUT2D eigenvalue weighted by Crippen LogP contribution is -2.51. The minimum Gasteiger partial charge on any atom is -0.457 e. The summed E-state index contributed by atoms with van der Waals surface area (Å²) in [4.78, 5) is 28.4. The SMILES string of the molecule is Cc1c(-c2ccccc2)oc2c(C(=O)OC3CN4CCC3CC4)cccc2c1=O. The summed E-state index contributed by atoms with van der Waals surface area (Å²) in [6, 6.07) is 14.6. The number of benzene rings is 2. The van der Waals surface area contributed by atoms with E-state index in [1.807, 2.05) is 30.3 Å². The Morgan fingerprint density at radius 1 is 1.07 bits per heavy atom. The molecule has 3 saturated heterocycles. The summed E-state index contributed by atoms with van der Waals surface area (Å²) < 4.78 is 12.0. The molecule has 0 radical (unpaired) electrons. The third-order valence-corrected chi connectivity index (χ3v) is 6.26. The normalized spacial score (nSPS) is 23.3. The molecular formula is C24H23NO4. The minimum atomic E-state index is -0.416. The third kappa shape index (κ3) is 3.15. The summed E-state index contributed by atoms with van der Waals surface area (Å²) in [6.07, 6.45) is 2.05. The maximum absolute atomic E-state index is 13.0. The average molecular weight is 389 g/mol. The van der Waals surface area contributed by atoms with E-state index in [1.165, 1.54) is 0 Å². The highest BCUT2D eigenvalue weighted by atomic mass is 16.5. The Bertz CT molecular complexity index is 1130. The van der Waals surface area contributed by atoms with E-state index in [0.717, 1.165) is 38.0 Å². The van der Waals surface area contributed by atoms with E-state index in [-0.39, 0.29) is 11.5 Å². The van der Waals surface area contributed by atoms with Crippen LogP contribution in [0.4, 0.5) is 0 Å². The summed E-state index contributed by atoms with van der Waals surface area (Å²) in [5.41, 5.74) is 1.83. The van der Waals surface area contributed by atoms with Gasteiger partial charge in [0.05, 0.1) is 5.39 Å². The van der Waals surface area contributed by atoms with Crippen molar-refractivity contribution in [3.63, 3.8) is 0 Å². The zero-order chi connectivity index (χ0) is 20.0. The quantitative estimate of drug-likeness (QED) is 0.633. The number of piperidine rings is 3. The van der Waals surface area contributed by atoms with Crippen LogP contribution in [0.3, 0.4) is 0 Å². The first-order valence-electron chi connectivity index (χ1n) is 10.2. The number of nitrogens with zero attached hydrogens (tertiary/aromatic N) is 1. The first-order valence-corrected chi connectivity index (χ1v) is 10.2. The number of ether oxygens (including phenoxy) is 1. The van der Waals surface area contributed by atoms with Gasteiger partial charge in [-0.1, -0.05) is 36.4 Å². The number of carbonyl (C=O) groups excluding carboxylic acids is 1. The van der Waals surface area contributed by atoms with Gasteiger partial charge >= 0.3 is 5.97 Å². The fourth-order valence-electron chi connectivity index (χ4n) is 4.58. The van der Waals surface area contributed by atoms with Crippen molar-refractivity contribution in [3.05, 3.63) is 69.9 Å². The van der Waals surface area contributed by atoms with E-state index in [1.54, 1.807) is 25.1 Å². The molecule has 3 fully saturated rings. The van der Waals surface area contributed by atoms with Crippen molar-refractivity contribution >= 4 is 16.9 Å². The predicted octanol–water partition coefficient (Wildman–Crippen LogP) is 4.02. The van der Waals surface area contributed by atoms with Crippen LogP contribution in [0.15, 0.2) is 57.7 Å². The molecule has 3 aliphatic rings. The lowest BCUT2D eigenvalue weighted by Gasteiger charge is -2.43. The van der Waals surface area contributed by atoms with Gasteiger partial charge in [-0.15, -0.1) is 0 Å². The van der Waals surface area contributed by atoms with Gasteiger partial charge in [-0.25, -0.2) is 4.79 Å². The number of para-hydroxylation sites is 1. The Labute approximate surface area is 168 Å². The van der Waals surface area contributed by atoms with Crippen molar-refractivity contribution in [2.75, 3.05) is 19.6 Å². The Hall–Kier alpha value is -2.92. The Balaban J connectivity index is 1.56. The van der Waals surface area contributed by atoms with Crippen LogP contribution in [-0.2, 0) is 4.74 Å². The highest BCUT2D eigenvalue weighted by molar-refractivity contribution is 6.02. The molecule has 148 valence electrons. The van der Waals surface area contributed by atoms with Crippen molar-refractivity contribution in [3.8, 4) is 11.3 Å². The molecule has 0 aliphatic carbocycles. The summed E-state index contributed by atoms with van der Waals surface area (Å²) in [5.74, 6) is 0.500. The Kier molecular flexibility index (Phi) is 4.47. The molecule has 0 spiro atoms. The van der Waals surface area contributed by atoms with Crippen LogP contribution in [-0.4, -0.2) is 36.6 Å². The van der Waals surface area contributed by atoms with Crippen molar-refractivity contribution in [1.82, 2.24) is 4.90 Å². The molecule has 3 aromatic rings. The minimum absolute atomic E-state index is 0.0916. The lowest BCUT2D eigenvalue weighted by molar-refractivity contribution is -0.0455. The fourth-order valence-corrected chi connectivity index (χ4v) is 4.58. The maximum atomic E-state index is 13.0. The largest absolute Gasteiger partial charge is 0.457 e. The van der Waals surface area contributed by atoms with Gasteiger partial charge in [0, 0.05) is 17.7 Å². The summed E-state index contributed by atoms with van der Waals surface area (Å²) in [6.45, 7) is 4.72. The Morgan fingerprint density at radius 2 is 1.83 bits per heavy atom. The molecule has 0 saturated carbocycles. The third-order valence-electron chi connectivity index (χ3n) is 6.26. The van der Waals surface area contributed by atoms with Crippen LogP contribution < -0.4 is 5.43 Å². The average Bonchev–Trinajstić information content (AvgIpc) is 2.77. The number of esters is 1. The second-order valence-corrected chi connectivity index (χ2v) is 8.02. The van der Waals surface area contributed by atoms with Crippen LogP contribution in [0.25, 0.3) is 22.3 Å². The topological polar surface area (TPSA) is 59.8 Å². The van der Waals surface area contributed by atoms with Crippen molar-refractivity contribution in [1.29, 1.82) is 0 Å². The highest BCUT2D eigenvalue weighted by Crippen LogP contribution is 2.31. The Morgan fingerprint density at radius 3 is 2.52 bits per heavy atom. The van der Waals surface area contributed by atoms with Crippen LogP contribution in [0.5, 0.6) is 0 Å². The van der Waals surface area contributed by atoms with Crippen LogP contribution >= 0.6 is 0 Å². The number of rotatable bonds is 3. The first-order chi connectivity index (χ1) is 14.1. The molecule has 2 aromatic carbocycles. The summed E-state index contributed by atoms with van der Waals surface area (Å²) in [5, 5.41) is 0.408. The number of fused-ring (bicyclic) bond motifs is 4. The zero-order valence-corrected chi connectivity index (χ0v) is 16.4. The van der Waals surface area contributed by atoms with Gasteiger partial charge in [0.25, 0.3) is 0 Å². The molecule has 0 amide bonds. The molecule has 4 heterocycles. The van der Waals surface area contributed by atoms with E-state index >= 15 is 0 Å². The van der Waals surface area contributed by atoms with E-state index in [4.69, 9.17) is 9.15 Å². The fraction of sp³-hybridized carbons (Fsp3) is 0.333. The van der Waals surface area contributed by atoms with Crippen molar-refractivity contribution in [2.45, 2.75) is 25.9 Å².